The van der Waals surface area contributed by atoms with Gasteiger partial charge in [0.05, 0.1) is 12.1 Å². The number of alkyl halides is 3. The second kappa shape index (κ2) is 6.74. The van der Waals surface area contributed by atoms with Crippen LogP contribution in [0.2, 0.25) is 0 Å². The molecular formula is C14H18F3NO2. The number of hydrogen-bond acceptors (Lipinski definition) is 2. The van der Waals surface area contributed by atoms with Crippen molar-refractivity contribution in [3.63, 3.8) is 0 Å². The van der Waals surface area contributed by atoms with E-state index in [1.807, 2.05) is 13.8 Å². The second-order valence-electron chi connectivity index (χ2n) is 5.18. The molecule has 0 radical (unpaired) electrons. The molecule has 0 bridgehead atoms. The zero-order valence-corrected chi connectivity index (χ0v) is 11.4. The van der Waals surface area contributed by atoms with Crippen LogP contribution < -0.4 is 0 Å². The highest BCUT2D eigenvalue weighted by Gasteiger charge is 2.30. The van der Waals surface area contributed by atoms with Gasteiger partial charge in [-0.3, -0.25) is 4.90 Å². The maximum absolute atomic E-state index is 12.5. The average Bonchev–Trinajstić information content (AvgIpc) is 2.26. The lowest BCUT2D eigenvalue weighted by molar-refractivity contribution is -0.148. The molecule has 0 aliphatic heterocycles. The fourth-order valence-corrected chi connectivity index (χ4v) is 1.97. The normalized spacial score (nSPS) is 12.2. The summed E-state index contributed by atoms with van der Waals surface area (Å²) in [6, 6.07) is 5.90. The van der Waals surface area contributed by atoms with Gasteiger partial charge in [-0.05, 0) is 23.6 Å². The molecule has 0 heterocycles. The van der Waals surface area contributed by atoms with Crippen LogP contribution >= 0.6 is 0 Å². The Kier molecular flexibility index (Phi) is 5.56. The van der Waals surface area contributed by atoms with E-state index in [9.17, 15) is 18.0 Å². The number of carboxylic acid groups (broad SMARTS) is 1. The largest absolute Gasteiger partial charge is 0.478 e. The maximum atomic E-state index is 12.5. The number of halogens is 3. The van der Waals surface area contributed by atoms with Crippen molar-refractivity contribution in [2.24, 2.45) is 5.92 Å². The van der Waals surface area contributed by atoms with Crippen LogP contribution in [-0.4, -0.2) is 35.2 Å². The topological polar surface area (TPSA) is 40.5 Å². The third kappa shape index (κ3) is 6.06. The van der Waals surface area contributed by atoms with Gasteiger partial charge in [0, 0.05) is 13.1 Å². The van der Waals surface area contributed by atoms with E-state index in [-0.39, 0.29) is 18.0 Å². The average molecular weight is 289 g/mol. The number of hydrogen-bond donors (Lipinski definition) is 1. The minimum atomic E-state index is -4.24. The lowest BCUT2D eigenvalue weighted by atomic mass is 10.1. The number of nitrogens with zero attached hydrogens (tertiary/aromatic N) is 1. The van der Waals surface area contributed by atoms with E-state index < -0.39 is 18.7 Å². The van der Waals surface area contributed by atoms with Crippen LogP contribution in [0.5, 0.6) is 0 Å². The van der Waals surface area contributed by atoms with Crippen molar-refractivity contribution in [1.82, 2.24) is 4.90 Å². The highest BCUT2D eigenvalue weighted by molar-refractivity contribution is 5.87. The van der Waals surface area contributed by atoms with E-state index >= 15 is 0 Å². The summed E-state index contributed by atoms with van der Waals surface area (Å²) in [5.41, 5.74) is 0.792. The Morgan fingerprint density at radius 1 is 1.25 bits per heavy atom. The zero-order valence-electron chi connectivity index (χ0n) is 11.4. The van der Waals surface area contributed by atoms with Crippen LogP contribution in [0.15, 0.2) is 24.3 Å². The van der Waals surface area contributed by atoms with Crippen LogP contribution in [0.3, 0.4) is 0 Å². The van der Waals surface area contributed by atoms with Crippen molar-refractivity contribution in [2.45, 2.75) is 26.6 Å². The van der Waals surface area contributed by atoms with Crippen molar-refractivity contribution in [1.29, 1.82) is 0 Å². The molecule has 0 atom stereocenters. The van der Waals surface area contributed by atoms with Crippen molar-refractivity contribution >= 4 is 5.97 Å². The Balaban J connectivity index is 2.75. The third-order valence-corrected chi connectivity index (χ3v) is 2.63. The molecule has 112 valence electrons. The molecule has 20 heavy (non-hydrogen) atoms. The molecule has 1 aromatic carbocycles. The molecule has 0 aromatic heterocycles. The highest BCUT2D eigenvalue weighted by Crippen LogP contribution is 2.19. The number of benzene rings is 1. The number of aromatic carboxylic acids is 1. The van der Waals surface area contributed by atoms with Gasteiger partial charge in [0.1, 0.15) is 0 Å². The van der Waals surface area contributed by atoms with Crippen LogP contribution in [0.1, 0.15) is 29.8 Å². The van der Waals surface area contributed by atoms with Crippen molar-refractivity contribution in [2.75, 3.05) is 13.1 Å². The van der Waals surface area contributed by atoms with Crippen molar-refractivity contribution < 1.29 is 23.1 Å². The van der Waals surface area contributed by atoms with E-state index in [4.69, 9.17) is 5.11 Å². The zero-order chi connectivity index (χ0) is 15.3. The minimum Gasteiger partial charge on any atom is -0.478 e. The summed E-state index contributed by atoms with van der Waals surface area (Å²) in [5, 5.41) is 8.77. The van der Waals surface area contributed by atoms with Crippen molar-refractivity contribution in [3.05, 3.63) is 35.4 Å². The molecule has 1 rings (SSSR count). The predicted octanol–water partition coefficient (Wildman–Crippen LogP) is 3.41. The fourth-order valence-electron chi connectivity index (χ4n) is 1.97. The molecular weight excluding hydrogens is 271 g/mol. The minimum absolute atomic E-state index is 0.121. The molecule has 0 spiro atoms. The lowest BCUT2D eigenvalue weighted by Crippen LogP contribution is -2.36. The van der Waals surface area contributed by atoms with E-state index in [1.54, 1.807) is 12.1 Å². The van der Waals surface area contributed by atoms with Gasteiger partial charge in [0.2, 0.25) is 0 Å². The molecule has 0 aliphatic rings. The molecule has 0 aliphatic carbocycles. The highest BCUT2D eigenvalue weighted by atomic mass is 19.4. The Morgan fingerprint density at radius 3 is 2.20 bits per heavy atom. The molecule has 1 aromatic rings. The molecule has 0 unspecified atom stereocenters. The number of carbonyl (C=O) groups is 1. The summed E-state index contributed by atoms with van der Waals surface area (Å²) in [4.78, 5) is 12.0. The summed E-state index contributed by atoms with van der Waals surface area (Å²) in [5.74, 6) is -0.929. The Labute approximate surface area is 116 Å². The van der Waals surface area contributed by atoms with E-state index in [2.05, 4.69) is 0 Å². The molecule has 3 nitrogen and oxygen atoms in total. The Morgan fingerprint density at radius 2 is 1.80 bits per heavy atom. The van der Waals surface area contributed by atoms with Gasteiger partial charge in [-0.15, -0.1) is 0 Å². The molecule has 1 N–H and O–H groups in total. The number of rotatable bonds is 6. The molecule has 6 heteroatoms. The third-order valence-electron chi connectivity index (χ3n) is 2.63. The first-order valence-corrected chi connectivity index (χ1v) is 6.28. The van der Waals surface area contributed by atoms with Crippen LogP contribution in [0.25, 0.3) is 0 Å². The Hall–Kier alpha value is -1.56. The summed E-state index contributed by atoms with van der Waals surface area (Å²) < 4.78 is 37.5. The molecule has 0 saturated heterocycles. The van der Waals surface area contributed by atoms with Crippen LogP contribution in [0, 0.1) is 5.92 Å². The lowest BCUT2D eigenvalue weighted by Gasteiger charge is -2.25. The summed E-state index contributed by atoms with van der Waals surface area (Å²) in [7, 11) is 0. The molecule has 0 saturated carbocycles. The van der Waals surface area contributed by atoms with Crippen LogP contribution in [-0.2, 0) is 6.54 Å². The second-order valence-corrected chi connectivity index (χ2v) is 5.18. The molecule has 0 fully saturated rings. The smallest absolute Gasteiger partial charge is 0.401 e. The summed E-state index contributed by atoms with van der Waals surface area (Å²) >= 11 is 0. The number of carboxylic acids is 1. The van der Waals surface area contributed by atoms with E-state index in [1.165, 1.54) is 17.0 Å². The van der Waals surface area contributed by atoms with E-state index in [0.717, 1.165) is 0 Å². The van der Waals surface area contributed by atoms with Gasteiger partial charge in [0.15, 0.2) is 0 Å². The van der Waals surface area contributed by atoms with E-state index in [0.29, 0.717) is 12.1 Å². The predicted molar refractivity (Wildman–Crippen MR) is 69.6 cm³/mol. The van der Waals surface area contributed by atoms with Gasteiger partial charge in [0.25, 0.3) is 0 Å². The maximum Gasteiger partial charge on any atom is 0.401 e. The van der Waals surface area contributed by atoms with Gasteiger partial charge < -0.3 is 5.11 Å². The van der Waals surface area contributed by atoms with Crippen LogP contribution in [0.4, 0.5) is 13.2 Å². The Bertz CT molecular complexity index is 441. The SMILES string of the molecule is CC(C)CN(Cc1ccc(C(=O)O)cc1)CC(F)(F)F. The summed E-state index contributed by atoms with van der Waals surface area (Å²) in [6.07, 6.45) is -4.24. The van der Waals surface area contributed by atoms with Crippen molar-refractivity contribution in [3.8, 4) is 0 Å². The first-order valence-electron chi connectivity index (χ1n) is 6.28. The first kappa shape index (κ1) is 16.5. The van der Waals surface area contributed by atoms with Gasteiger partial charge in [-0.25, -0.2) is 4.79 Å². The quantitative estimate of drug-likeness (QED) is 0.872. The van der Waals surface area contributed by atoms with Gasteiger partial charge in [-0.1, -0.05) is 26.0 Å². The molecule has 0 amide bonds. The van der Waals surface area contributed by atoms with Gasteiger partial charge in [-0.2, -0.15) is 13.2 Å². The summed E-state index contributed by atoms with van der Waals surface area (Å²) in [6.45, 7) is 3.23. The first-order chi connectivity index (χ1) is 9.17. The fraction of sp³-hybridized carbons (Fsp3) is 0.500. The monoisotopic (exact) mass is 289 g/mol. The van der Waals surface area contributed by atoms with Gasteiger partial charge >= 0.3 is 12.1 Å². The standard InChI is InChI=1S/C14H18F3NO2/c1-10(2)7-18(9-14(15,16)17)8-11-3-5-12(6-4-11)13(19)20/h3-6,10H,7-9H2,1-2H3,(H,19,20).